The Kier molecular flexibility index (Phi) is 4.78. The van der Waals surface area contributed by atoms with Crippen molar-refractivity contribution in [2.45, 2.75) is 18.3 Å². The van der Waals surface area contributed by atoms with Crippen LogP contribution in [0.2, 0.25) is 0 Å². The highest BCUT2D eigenvalue weighted by atomic mass is 18.2. The summed E-state index contributed by atoms with van der Waals surface area (Å²) in [5, 5.41) is 28.2. The Morgan fingerprint density at radius 3 is 1.81 bits per heavy atom. The lowest BCUT2D eigenvalue weighted by Crippen LogP contribution is -2.11. The summed E-state index contributed by atoms with van der Waals surface area (Å²) in [5.74, 6) is -0.547. The fourth-order valence-electron chi connectivity index (χ4n) is 2.44. The lowest BCUT2D eigenvalue weighted by molar-refractivity contribution is 0.424. The van der Waals surface area contributed by atoms with Gasteiger partial charge in [0.05, 0.1) is 18.7 Å². The molecule has 3 nitrogen and oxygen atoms in total. The average molecular weight is 284 g/mol. The Morgan fingerprint density at radius 2 is 1.38 bits per heavy atom. The van der Waals surface area contributed by atoms with E-state index in [1.807, 2.05) is 0 Å². The molecule has 0 aliphatic heterocycles. The highest BCUT2D eigenvalue weighted by Gasteiger charge is 2.24. The Bertz CT molecular complexity index is 617. The fraction of sp³-hybridized carbons (Fsp3) is 0.235. The van der Waals surface area contributed by atoms with Crippen molar-refractivity contribution in [2.75, 3.05) is 6.67 Å². The van der Waals surface area contributed by atoms with Crippen molar-refractivity contribution in [2.24, 2.45) is 0 Å². The van der Waals surface area contributed by atoms with Crippen molar-refractivity contribution in [1.82, 2.24) is 0 Å². The van der Waals surface area contributed by atoms with Crippen LogP contribution in [0.5, 0.6) is 11.5 Å². The fourth-order valence-corrected chi connectivity index (χ4v) is 2.44. The molecule has 0 radical (unpaired) electrons. The van der Waals surface area contributed by atoms with E-state index in [0.29, 0.717) is 0 Å². The lowest BCUT2D eigenvalue weighted by atomic mass is 9.80. The SMILES string of the molecule is N#C[C@H](c1ccc(O)cc1)[C@@H](CC[18F])c1ccc(O)cc1. The minimum atomic E-state index is -0.526. The van der Waals surface area contributed by atoms with Gasteiger partial charge in [-0.25, -0.2) is 0 Å². The quantitative estimate of drug-likeness (QED) is 0.876. The molecular formula is C17H16FNO2. The number of nitriles is 1. The number of hydrogen-bond donors (Lipinski definition) is 2. The highest BCUT2D eigenvalue weighted by Crippen LogP contribution is 2.36. The third-order valence-electron chi connectivity index (χ3n) is 3.54. The monoisotopic (exact) mass is 284 g/mol. The number of rotatable bonds is 5. The maximum atomic E-state index is 12.9. The Labute approximate surface area is 122 Å². The summed E-state index contributed by atoms with van der Waals surface area (Å²) in [6, 6.07) is 15.1. The van der Waals surface area contributed by atoms with Crippen LogP contribution in [0.1, 0.15) is 29.4 Å². The number of benzene rings is 2. The Morgan fingerprint density at radius 1 is 0.905 bits per heavy atom. The van der Waals surface area contributed by atoms with Crippen molar-refractivity contribution < 1.29 is 14.6 Å². The number of phenols is 2. The van der Waals surface area contributed by atoms with E-state index in [-0.39, 0.29) is 23.8 Å². The van der Waals surface area contributed by atoms with Crippen molar-refractivity contribution in [3.8, 4) is 17.6 Å². The van der Waals surface area contributed by atoms with Crippen LogP contribution >= 0.6 is 0 Å². The lowest BCUT2D eigenvalue weighted by Gasteiger charge is -2.22. The second kappa shape index (κ2) is 6.76. The van der Waals surface area contributed by atoms with Crippen molar-refractivity contribution >= 4 is 0 Å². The Balaban J connectivity index is 2.36. The van der Waals surface area contributed by atoms with Crippen LogP contribution in [0, 0.1) is 11.3 Å². The molecule has 2 aromatic rings. The zero-order valence-corrected chi connectivity index (χ0v) is 11.4. The van der Waals surface area contributed by atoms with Gasteiger partial charge in [0.25, 0.3) is 0 Å². The summed E-state index contributed by atoms with van der Waals surface area (Å²) in [4.78, 5) is 0. The predicted octanol–water partition coefficient (Wildman–Crippen LogP) is 3.85. The second-order valence-corrected chi connectivity index (χ2v) is 4.87. The molecule has 2 rings (SSSR count). The van der Waals surface area contributed by atoms with Gasteiger partial charge in [0.15, 0.2) is 0 Å². The van der Waals surface area contributed by atoms with Gasteiger partial charge >= 0.3 is 0 Å². The smallest absolute Gasteiger partial charge is 0.115 e. The molecule has 0 bridgehead atoms. The van der Waals surface area contributed by atoms with E-state index >= 15 is 0 Å². The summed E-state index contributed by atoms with van der Waals surface area (Å²) in [7, 11) is 0. The largest absolute Gasteiger partial charge is 0.508 e. The van der Waals surface area contributed by atoms with Gasteiger partial charge in [-0.15, -0.1) is 0 Å². The summed E-state index contributed by atoms with van der Waals surface area (Å²) in [6.07, 6.45) is 0.226. The van der Waals surface area contributed by atoms with Crippen molar-refractivity contribution in [1.29, 1.82) is 5.26 Å². The van der Waals surface area contributed by atoms with Gasteiger partial charge in [0.1, 0.15) is 11.5 Å². The standard InChI is InChI=1S/C17H16FNO2/c18-10-9-16(12-1-5-14(20)6-2-12)17(11-19)13-3-7-15(21)8-4-13/h1-8,16-17,20-21H,9-10H2/t16-,17+/m0/s1/i18-1. The number of halogens is 1. The van der Waals surface area contributed by atoms with Crippen LogP contribution in [0.25, 0.3) is 0 Å². The third kappa shape index (κ3) is 3.51. The molecule has 2 N–H and O–H groups in total. The number of aromatic hydroxyl groups is 2. The maximum absolute atomic E-state index is 12.9. The van der Waals surface area contributed by atoms with Crippen molar-refractivity contribution in [3.63, 3.8) is 0 Å². The Hall–Kier alpha value is -2.54. The van der Waals surface area contributed by atoms with E-state index in [1.54, 1.807) is 24.3 Å². The molecular weight excluding hydrogens is 268 g/mol. The molecule has 2 atom stereocenters. The molecule has 0 fully saturated rings. The first-order valence-electron chi connectivity index (χ1n) is 6.69. The third-order valence-corrected chi connectivity index (χ3v) is 3.54. The molecule has 2 aromatic carbocycles. The van der Waals surface area contributed by atoms with Crippen LogP contribution in [-0.2, 0) is 0 Å². The normalized spacial score (nSPS) is 13.3. The zero-order chi connectivity index (χ0) is 15.2. The summed E-state index contributed by atoms with van der Waals surface area (Å²) >= 11 is 0. The van der Waals surface area contributed by atoms with Crippen LogP contribution in [0.3, 0.4) is 0 Å². The van der Waals surface area contributed by atoms with Gasteiger partial charge < -0.3 is 10.2 Å². The van der Waals surface area contributed by atoms with Crippen molar-refractivity contribution in [3.05, 3.63) is 59.7 Å². The second-order valence-electron chi connectivity index (χ2n) is 4.87. The molecule has 0 saturated heterocycles. The van der Waals surface area contributed by atoms with E-state index in [0.717, 1.165) is 11.1 Å². The topological polar surface area (TPSA) is 64.2 Å². The minimum Gasteiger partial charge on any atom is -0.508 e. The van der Waals surface area contributed by atoms with Crippen LogP contribution in [0.4, 0.5) is 4.39 Å². The average Bonchev–Trinajstić information content (AvgIpc) is 2.50. The molecule has 4 heteroatoms. The van der Waals surface area contributed by atoms with E-state index in [9.17, 15) is 19.9 Å². The van der Waals surface area contributed by atoms with Gasteiger partial charge in [0.2, 0.25) is 0 Å². The molecule has 0 heterocycles. The zero-order valence-electron chi connectivity index (χ0n) is 11.4. The number of nitrogens with zero attached hydrogens (tertiary/aromatic N) is 1. The number of alkyl halides is 1. The summed E-state index contributed by atoms with van der Waals surface area (Å²) < 4.78 is 12.9. The molecule has 0 aromatic heterocycles. The van der Waals surface area contributed by atoms with Gasteiger partial charge in [-0.2, -0.15) is 5.26 Å². The molecule has 0 aliphatic rings. The first kappa shape index (κ1) is 14.9. The van der Waals surface area contributed by atoms with Gasteiger partial charge in [-0.1, -0.05) is 24.3 Å². The first-order valence-corrected chi connectivity index (χ1v) is 6.69. The van der Waals surface area contributed by atoms with E-state index in [1.165, 1.54) is 24.3 Å². The molecule has 21 heavy (non-hydrogen) atoms. The molecule has 108 valence electrons. The molecule has 0 aliphatic carbocycles. The highest BCUT2D eigenvalue weighted by molar-refractivity contribution is 5.37. The molecule has 0 unspecified atom stereocenters. The van der Waals surface area contributed by atoms with E-state index in [4.69, 9.17) is 0 Å². The molecule has 0 saturated carbocycles. The van der Waals surface area contributed by atoms with Crippen LogP contribution < -0.4 is 0 Å². The van der Waals surface area contributed by atoms with Gasteiger partial charge in [-0.05, 0) is 41.8 Å². The maximum Gasteiger partial charge on any atom is 0.115 e. The predicted molar refractivity (Wildman–Crippen MR) is 77.9 cm³/mol. The van der Waals surface area contributed by atoms with Crippen LogP contribution in [-0.4, -0.2) is 16.9 Å². The summed E-state index contributed by atoms with van der Waals surface area (Å²) in [6.45, 7) is -0.526. The molecule has 0 spiro atoms. The van der Waals surface area contributed by atoms with Gasteiger partial charge in [-0.3, -0.25) is 4.39 Å². The molecule has 0 amide bonds. The minimum absolute atomic E-state index is 0.127. The van der Waals surface area contributed by atoms with E-state index < -0.39 is 12.6 Å². The summed E-state index contributed by atoms with van der Waals surface area (Å²) in [5.41, 5.74) is 1.55. The first-order chi connectivity index (χ1) is 10.2. The van der Waals surface area contributed by atoms with Gasteiger partial charge in [0, 0.05) is 5.92 Å². The number of hydrogen-bond acceptors (Lipinski definition) is 3. The van der Waals surface area contributed by atoms with Crippen LogP contribution in [0.15, 0.2) is 48.5 Å². The number of phenolic OH excluding ortho intramolecular Hbond substituents is 2. The van der Waals surface area contributed by atoms with E-state index in [2.05, 4.69) is 6.07 Å².